The van der Waals surface area contributed by atoms with Gasteiger partial charge in [-0.25, -0.2) is 15.0 Å². The maximum absolute atomic E-state index is 12.1. The van der Waals surface area contributed by atoms with Crippen LogP contribution in [0.5, 0.6) is 0 Å². The summed E-state index contributed by atoms with van der Waals surface area (Å²) in [6.07, 6.45) is 1.70. The predicted molar refractivity (Wildman–Crippen MR) is 121 cm³/mol. The van der Waals surface area contributed by atoms with Crippen molar-refractivity contribution in [2.75, 3.05) is 5.32 Å². The molecule has 0 aliphatic carbocycles. The van der Waals surface area contributed by atoms with E-state index in [0.717, 1.165) is 40.7 Å². The Balaban J connectivity index is 1.75. The molecule has 0 spiro atoms. The summed E-state index contributed by atoms with van der Waals surface area (Å²) in [6, 6.07) is 16.9. The molecule has 4 aromatic rings. The molecule has 6 nitrogen and oxygen atoms in total. The minimum absolute atomic E-state index is 0.206. The number of hydrogen-bond donors (Lipinski definition) is 2. The molecule has 0 unspecified atom stereocenters. The van der Waals surface area contributed by atoms with Gasteiger partial charge in [0.1, 0.15) is 0 Å². The van der Waals surface area contributed by atoms with Gasteiger partial charge in [0.25, 0.3) is 5.56 Å². The fourth-order valence-electron chi connectivity index (χ4n) is 3.21. The highest BCUT2D eigenvalue weighted by Crippen LogP contribution is 2.29. The van der Waals surface area contributed by atoms with E-state index < -0.39 is 0 Å². The first kappa shape index (κ1) is 20.0. The van der Waals surface area contributed by atoms with Gasteiger partial charge in [-0.05, 0) is 37.0 Å². The standard InChI is InChI=1S/C23H22ClN5O/c1-14(2)8-10-17-13-20(30)27-22(25-17)29-23-26-19-11-9-16(24)12-18(19)21(28-23)15-6-4-3-5-7-15/h3-7,9,11-14H,8,10H2,1-2H3,(H2,25,26,27,28,29,30). The topological polar surface area (TPSA) is 83.6 Å². The van der Waals surface area contributed by atoms with Crippen LogP contribution in [-0.2, 0) is 6.42 Å². The number of fused-ring (bicyclic) bond motifs is 1. The molecule has 2 aromatic carbocycles. The molecular weight excluding hydrogens is 398 g/mol. The van der Waals surface area contributed by atoms with Gasteiger partial charge in [0.2, 0.25) is 11.9 Å². The van der Waals surface area contributed by atoms with E-state index in [1.807, 2.05) is 42.5 Å². The van der Waals surface area contributed by atoms with Crippen molar-refractivity contribution in [1.29, 1.82) is 0 Å². The number of halogens is 1. The normalized spacial score (nSPS) is 11.2. The van der Waals surface area contributed by atoms with Crippen molar-refractivity contribution in [2.45, 2.75) is 26.7 Å². The van der Waals surface area contributed by atoms with Crippen LogP contribution in [0.4, 0.5) is 11.9 Å². The smallest absolute Gasteiger partial charge is 0.252 e. The number of H-pyrrole nitrogens is 1. The van der Waals surface area contributed by atoms with Gasteiger partial charge in [0.15, 0.2) is 0 Å². The number of rotatable bonds is 6. The largest absolute Gasteiger partial charge is 0.294 e. The van der Waals surface area contributed by atoms with Gasteiger partial charge in [-0.2, -0.15) is 0 Å². The van der Waals surface area contributed by atoms with Crippen molar-refractivity contribution >= 4 is 34.4 Å². The maximum atomic E-state index is 12.1. The molecule has 0 amide bonds. The highest BCUT2D eigenvalue weighted by atomic mass is 35.5. The van der Waals surface area contributed by atoms with Gasteiger partial charge < -0.3 is 0 Å². The van der Waals surface area contributed by atoms with E-state index in [1.54, 1.807) is 6.07 Å². The maximum Gasteiger partial charge on any atom is 0.252 e. The van der Waals surface area contributed by atoms with E-state index in [-0.39, 0.29) is 5.56 Å². The van der Waals surface area contributed by atoms with E-state index in [1.165, 1.54) is 6.07 Å². The van der Waals surface area contributed by atoms with E-state index in [4.69, 9.17) is 16.6 Å². The Labute approximate surface area is 179 Å². The Morgan fingerprint density at radius 2 is 1.83 bits per heavy atom. The van der Waals surface area contributed by atoms with Crippen LogP contribution in [-0.4, -0.2) is 19.9 Å². The fourth-order valence-corrected chi connectivity index (χ4v) is 3.38. The summed E-state index contributed by atoms with van der Waals surface area (Å²) in [5, 5.41) is 4.54. The van der Waals surface area contributed by atoms with Gasteiger partial charge >= 0.3 is 0 Å². The molecule has 0 bridgehead atoms. The summed E-state index contributed by atoms with van der Waals surface area (Å²) in [5.74, 6) is 1.22. The van der Waals surface area contributed by atoms with Crippen LogP contribution in [0.2, 0.25) is 5.02 Å². The molecule has 2 N–H and O–H groups in total. The Kier molecular flexibility index (Phi) is 5.77. The van der Waals surface area contributed by atoms with Crippen molar-refractivity contribution in [3.05, 3.63) is 75.7 Å². The molecule has 0 saturated heterocycles. The first-order valence-electron chi connectivity index (χ1n) is 9.88. The van der Waals surface area contributed by atoms with Crippen LogP contribution < -0.4 is 10.9 Å². The molecule has 7 heteroatoms. The second-order valence-electron chi connectivity index (χ2n) is 7.57. The minimum Gasteiger partial charge on any atom is -0.294 e. The highest BCUT2D eigenvalue weighted by Gasteiger charge is 2.12. The summed E-state index contributed by atoms with van der Waals surface area (Å²) < 4.78 is 0. The van der Waals surface area contributed by atoms with Crippen molar-refractivity contribution < 1.29 is 0 Å². The lowest BCUT2D eigenvalue weighted by molar-refractivity contribution is 0.581. The van der Waals surface area contributed by atoms with Crippen molar-refractivity contribution in [3.8, 4) is 11.3 Å². The van der Waals surface area contributed by atoms with E-state index in [9.17, 15) is 4.79 Å². The molecule has 152 valence electrons. The van der Waals surface area contributed by atoms with Crippen molar-refractivity contribution in [1.82, 2.24) is 19.9 Å². The number of nitrogens with one attached hydrogen (secondary N) is 2. The molecule has 2 heterocycles. The molecule has 0 saturated carbocycles. The van der Waals surface area contributed by atoms with Gasteiger partial charge in [-0.3, -0.25) is 15.1 Å². The fraction of sp³-hybridized carbons (Fsp3) is 0.217. The monoisotopic (exact) mass is 419 g/mol. The van der Waals surface area contributed by atoms with Crippen molar-refractivity contribution in [3.63, 3.8) is 0 Å². The van der Waals surface area contributed by atoms with Crippen LogP contribution >= 0.6 is 11.6 Å². The predicted octanol–water partition coefficient (Wildman–Crippen LogP) is 5.37. The van der Waals surface area contributed by atoms with Crippen LogP contribution in [0.15, 0.2) is 59.4 Å². The summed E-state index contributed by atoms with van der Waals surface area (Å²) in [5.41, 5.74) is 2.98. The lowest BCUT2D eigenvalue weighted by Crippen LogP contribution is -2.13. The summed E-state index contributed by atoms with van der Waals surface area (Å²) in [4.78, 5) is 28.6. The number of nitrogens with zero attached hydrogens (tertiary/aromatic N) is 3. The number of hydrogen-bond acceptors (Lipinski definition) is 5. The minimum atomic E-state index is -0.206. The quantitative estimate of drug-likeness (QED) is 0.439. The van der Waals surface area contributed by atoms with Crippen LogP contribution in [0.1, 0.15) is 26.0 Å². The summed E-state index contributed by atoms with van der Waals surface area (Å²) >= 11 is 6.21. The molecule has 30 heavy (non-hydrogen) atoms. The number of aromatic amines is 1. The summed E-state index contributed by atoms with van der Waals surface area (Å²) in [6.45, 7) is 4.29. The second-order valence-corrected chi connectivity index (χ2v) is 8.00. The molecule has 0 fully saturated rings. The van der Waals surface area contributed by atoms with Crippen LogP contribution in [0.3, 0.4) is 0 Å². The SMILES string of the molecule is CC(C)CCc1cc(=O)[nH]c(Nc2nc(-c3ccccc3)c3cc(Cl)ccc3n2)n1. The molecule has 2 aromatic heterocycles. The number of aryl methyl sites for hydroxylation is 1. The average molecular weight is 420 g/mol. The van der Waals surface area contributed by atoms with E-state index in [0.29, 0.717) is 22.8 Å². The molecule has 0 aliphatic heterocycles. The van der Waals surface area contributed by atoms with E-state index in [2.05, 4.69) is 34.1 Å². The van der Waals surface area contributed by atoms with Gasteiger partial charge in [0.05, 0.1) is 11.2 Å². The molecule has 4 rings (SSSR count). The van der Waals surface area contributed by atoms with E-state index >= 15 is 0 Å². The third-order valence-electron chi connectivity index (χ3n) is 4.71. The highest BCUT2D eigenvalue weighted by molar-refractivity contribution is 6.31. The Bertz CT molecular complexity index is 1240. The zero-order valence-electron chi connectivity index (χ0n) is 16.8. The number of anilines is 2. The Morgan fingerprint density at radius 3 is 2.60 bits per heavy atom. The van der Waals surface area contributed by atoms with Gasteiger partial charge in [-0.15, -0.1) is 0 Å². The lowest BCUT2D eigenvalue weighted by atomic mass is 10.1. The zero-order valence-corrected chi connectivity index (χ0v) is 17.6. The van der Waals surface area contributed by atoms with Crippen LogP contribution in [0.25, 0.3) is 22.2 Å². The van der Waals surface area contributed by atoms with Gasteiger partial charge in [-0.1, -0.05) is 55.8 Å². The third-order valence-corrected chi connectivity index (χ3v) is 4.94. The van der Waals surface area contributed by atoms with Crippen LogP contribution in [0, 0.1) is 5.92 Å². The lowest BCUT2D eigenvalue weighted by Gasteiger charge is -2.11. The summed E-state index contributed by atoms with van der Waals surface area (Å²) in [7, 11) is 0. The first-order valence-corrected chi connectivity index (χ1v) is 10.3. The number of aromatic nitrogens is 4. The molecule has 0 aliphatic rings. The molecule has 0 radical (unpaired) electrons. The Morgan fingerprint density at radius 1 is 1.03 bits per heavy atom. The Hall–Kier alpha value is -3.25. The van der Waals surface area contributed by atoms with Gasteiger partial charge in [0, 0.05) is 27.7 Å². The molecular formula is C23H22ClN5O. The number of benzene rings is 2. The first-order chi connectivity index (χ1) is 14.5. The zero-order chi connectivity index (χ0) is 21.1. The van der Waals surface area contributed by atoms with Crippen molar-refractivity contribution in [2.24, 2.45) is 5.92 Å². The third kappa shape index (κ3) is 4.66. The molecule has 0 atom stereocenters. The second kappa shape index (κ2) is 8.63. The average Bonchev–Trinajstić information content (AvgIpc) is 2.72.